The molecule has 0 aliphatic heterocycles. The molecule has 1 atom stereocenters. The summed E-state index contributed by atoms with van der Waals surface area (Å²) in [6.45, 7) is 2.37. The number of imidazole rings is 2. The van der Waals surface area contributed by atoms with Crippen molar-refractivity contribution in [3.8, 4) is 11.3 Å². The molecule has 0 saturated carbocycles. The van der Waals surface area contributed by atoms with Gasteiger partial charge in [-0.3, -0.25) is 4.57 Å². The third-order valence-corrected chi connectivity index (χ3v) is 2.85. The van der Waals surface area contributed by atoms with Crippen LogP contribution in [0, 0.1) is 0 Å². The minimum absolute atomic E-state index is 0.0579. The maximum Gasteiger partial charge on any atom is 0.326 e. The van der Waals surface area contributed by atoms with Crippen LogP contribution in [0.4, 0.5) is 0 Å². The summed E-state index contributed by atoms with van der Waals surface area (Å²) >= 11 is 0. The lowest BCUT2D eigenvalue weighted by Gasteiger charge is -2.03. The third-order valence-electron chi connectivity index (χ3n) is 2.85. The van der Waals surface area contributed by atoms with Crippen LogP contribution in [0.3, 0.4) is 0 Å². The molecule has 0 aliphatic rings. The largest absolute Gasteiger partial charge is 0.326 e. The van der Waals surface area contributed by atoms with E-state index in [1.807, 2.05) is 30.0 Å². The van der Waals surface area contributed by atoms with Crippen molar-refractivity contribution >= 4 is 5.65 Å². The van der Waals surface area contributed by atoms with Crippen LogP contribution in [0.5, 0.6) is 0 Å². The molecule has 94 valence electrons. The predicted molar refractivity (Wildman–Crippen MR) is 66.0 cm³/mol. The molecule has 7 heteroatoms. The Hall–Kier alpha value is -2.28. The monoisotopic (exact) mass is 247 g/mol. The molecule has 7 nitrogen and oxygen atoms in total. The van der Waals surface area contributed by atoms with Crippen LogP contribution in [-0.4, -0.2) is 25.7 Å². The highest BCUT2D eigenvalue weighted by molar-refractivity contribution is 5.70. The van der Waals surface area contributed by atoms with Gasteiger partial charge in [0.15, 0.2) is 6.20 Å². The zero-order chi connectivity index (χ0) is 12.7. The lowest BCUT2D eigenvalue weighted by molar-refractivity contribution is -0.574. The van der Waals surface area contributed by atoms with E-state index in [0.29, 0.717) is 6.54 Å². The normalized spacial score (nSPS) is 13.2. The fraction of sp³-hybridized carbons (Fsp3) is 0.273. The molecular weight excluding hydrogens is 232 g/mol. The highest BCUT2D eigenvalue weighted by Crippen LogP contribution is 2.17. The van der Waals surface area contributed by atoms with E-state index in [2.05, 4.69) is 15.1 Å². The van der Waals surface area contributed by atoms with Crippen LogP contribution in [0.25, 0.3) is 16.9 Å². The Morgan fingerprint density at radius 3 is 3.17 bits per heavy atom. The minimum Gasteiger partial charge on any atom is -0.326 e. The van der Waals surface area contributed by atoms with E-state index in [1.165, 1.54) is 0 Å². The van der Waals surface area contributed by atoms with E-state index in [1.54, 1.807) is 10.8 Å². The number of fused-ring (bicyclic) bond motifs is 1. The van der Waals surface area contributed by atoms with Gasteiger partial charge in [-0.25, -0.2) is 14.9 Å². The van der Waals surface area contributed by atoms with Gasteiger partial charge in [0.2, 0.25) is 0 Å². The summed E-state index contributed by atoms with van der Waals surface area (Å²) in [5.41, 5.74) is 8.15. The summed E-state index contributed by atoms with van der Waals surface area (Å²) in [4.78, 5) is 17.7. The molecule has 0 fully saturated rings. The van der Waals surface area contributed by atoms with Crippen LogP contribution in [-0.2, 0) is 6.54 Å². The number of nitrogens with zero attached hydrogens (tertiary/aromatic N) is 2. The first-order chi connectivity index (χ1) is 8.65. The average Bonchev–Trinajstić information content (AvgIpc) is 2.93. The maximum atomic E-state index is 11.8. The van der Waals surface area contributed by atoms with Crippen molar-refractivity contribution in [3.05, 3.63) is 35.3 Å². The summed E-state index contributed by atoms with van der Waals surface area (Å²) in [5, 5.41) is 3.07. The number of hydrogen-bond donors (Lipinski definition) is 4. The van der Waals surface area contributed by atoms with Gasteiger partial charge in [0.25, 0.3) is 0 Å². The van der Waals surface area contributed by atoms with Crippen molar-refractivity contribution < 1.29 is 4.52 Å². The number of aromatic amines is 3. The predicted octanol–water partition coefficient (Wildman–Crippen LogP) is -0.414. The van der Waals surface area contributed by atoms with Crippen molar-refractivity contribution in [2.24, 2.45) is 5.73 Å². The summed E-state index contributed by atoms with van der Waals surface area (Å²) in [6, 6.07) is -0.0579. The third kappa shape index (κ3) is 1.65. The first-order valence-electron chi connectivity index (χ1n) is 5.76. The first-order valence-corrected chi connectivity index (χ1v) is 5.76. The van der Waals surface area contributed by atoms with Crippen molar-refractivity contribution in [2.75, 3.05) is 0 Å². The van der Waals surface area contributed by atoms with Gasteiger partial charge >= 0.3 is 11.3 Å². The van der Waals surface area contributed by atoms with E-state index in [4.69, 9.17) is 5.73 Å². The Morgan fingerprint density at radius 2 is 2.39 bits per heavy atom. The van der Waals surface area contributed by atoms with Crippen molar-refractivity contribution in [3.63, 3.8) is 0 Å². The quantitative estimate of drug-likeness (QED) is 0.473. The zero-order valence-electron chi connectivity index (χ0n) is 9.97. The Morgan fingerprint density at radius 1 is 1.56 bits per heavy atom. The fourth-order valence-electron chi connectivity index (χ4n) is 2.07. The van der Waals surface area contributed by atoms with E-state index in [-0.39, 0.29) is 11.7 Å². The van der Waals surface area contributed by atoms with Gasteiger partial charge in [-0.2, -0.15) is 0 Å². The number of nitrogens with two attached hydrogens (primary N) is 1. The molecule has 0 spiro atoms. The smallest absolute Gasteiger partial charge is 0.326 e. The molecule has 0 amide bonds. The molecule has 0 radical (unpaired) electrons. The Balaban J connectivity index is 2.08. The van der Waals surface area contributed by atoms with E-state index in [0.717, 1.165) is 16.9 Å². The highest BCUT2D eigenvalue weighted by atomic mass is 16.1. The molecular formula is C11H15N6O+. The summed E-state index contributed by atoms with van der Waals surface area (Å²) in [6.07, 6.45) is 7.32. The van der Waals surface area contributed by atoms with E-state index in [9.17, 15) is 4.79 Å². The van der Waals surface area contributed by atoms with Gasteiger partial charge in [-0.1, -0.05) is 0 Å². The van der Waals surface area contributed by atoms with Crippen molar-refractivity contribution in [1.29, 1.82) is 0 Å². The molecule has 0 bridgehead atoms. The summed E-state index contributed by atoms with van der Waals surface area (Å²) in [7, 11) is 0. The number of hydrogen-bond acceptors (Lipinski definition) is 2. The summed E-state index contributed by atoms with van der Waals surface area (Å²) < 4.78 is 3.43. The Labute approximate surface area is 102 Å². The van der Waals surface area contributed by atoms with Crippen molar-refractivity contribution in [1.82, 2.24) is 19.6 Å². The maximum absolute atomic E-state index is 11.8. The van der Waals surface area contributed by atoms with E-state index >= 15 is 0 Å². The fourth-order valence-corrected chi connectivity index (χ4v) is 2.07. The molecule has 5 N–H and O–H groups in total. The molecule has 1 unspecified atom stereocenters. The number of H-pyrrole nitrogens is 3. The van der Waals surface area contributed by atoms with Gasteiger partial charge in [0, 0.05) is 18.8 Å². The highest BCUT2D eigenvalue weighted by Gasteiger charge is 2.16. The van der Waals surface area contributed by atoms with Crippen LogP contribution >= 0.6 is 0 Å². The lowest BCUT2D eigenvalue weighted by Crippen LogP contribution is -2.27. The number of rotatable bonds is 3. The molecule has 3 heterocycles. The average molecular weight is 247 g/mol. The second kappa shape index (κ2) is 3.88. The van der Waals surface area contributed by atoms with Gasteiger partial charge in [-0.05, 0) is 6.92 Å². The molecule has 0 saturated heterocycles. The Bertz CT molecular complexity index is 728. The number of nitrogens with one attached hydrogen (secondary N) is 3. The van der Waals surface area contributed by atoms with Crippen LogP contribution in [0.2, 0.25) is 0 Å². The van der Waals surface area contributed by atoms with E-state index < -0.39 is 0 Å². The Kier molecular flexibility index (Phi) is 2.34. The van der Waals surface area contributed by atoms with Crippen LogP contribution in [0.1, 0.15) is 6.92 Å². The minimum atomic E-state index is -0.145. The molecule has 0 aromatic carbocycles. The standard InChI is InChI=1S/C11H14N6O/c1-7(12)5-16-6-9(15-11(16)18)8-4-14-17-3-2-13-10(8)17/h2-4,6-7H,5,12H2,1H3,(H2,13,14,15,18)/p+1. The van der Waals surface area contributed by atoms with Gasteiger partial charge < -0.3 is 10.7 Å². The van der Waals surface area contributed by atoms with Gasteiger partial charge in [0.1, 0.15) is 11.8 Å². The topological polar surface area (TPSA) is 99.5 Å². The van der Waals surface area contributed by atoms with Crippen LogP contribution < -0.4 is 15.9 Å². The molecule has 0 aliphatic carbocycles. The SMILES string of the molecule is CC(N)Cn1cc(-c2c[nH][n+]3cc[nH]c23)[nH]c1=O. The van der Waals surface area contributed by atoms with Crippen LogP contribution in [0.15, 0.2) is 29.6 Å². The number of aromatic nitrogens is 5. The van der Waals surface area contributed by atoms with Gasteiger partial charge in [-0.15, -0.1) is 4.52 Å². The molecule has 3 aromatic rings. The molecule has 18 heavy (non-hydrogen) atoms. The van der Waals surface area contributed by atoms with Crippen molar-refractivity contribution in [2.45, 2.75) is 19.5 Å². The summed E-state index contributed by atoms with van der Waals surface area (Å²) in [5.74, 6) is 0. The zero-order valence-corrected chi connectivity index (χ0v) is 9.97. The second-order valence-electron chi connectivity index (χ2n) is 4.47. The van der Waals surface area contributed by atoms with Gasteiger partial charge in [0.05, 0.1) is 11.9 Å². The molecule has 3 aromatic heterocycles. The second-order valence-corrected chi connectivity index (χ2v) is 4.47. The lowest BCUT2D eigenvalue weighted by atomic mass is 10.2. The molecule has 3 rings (SSSR count). The first kappa shape index (κ1) is 10.8.